The van der Waals surface area contributed by atoms with Crippen LogP contribution in [0.25, 0.3) is 0 Å². The molecule has 0 aromatic heterocycles. The molecule has 0 spiro atoms. The van der Waals surface area contributed by atoms with Crippen molar-refractivity contribution in [1.82, 2.24) is 10.6 Å². The van der Waals surface area contributed by atoms with E-state index in [2.05, 4.69) is 10.6 Å². The molecule has 188 valence electrons. The Morgan fingerprint density at radius 1 is 0.750 bits per heavy atom. The van der Waals surface area contributed by atoms with Crippen LogP contribution in [0.4, 0.5) is 4.79 Å². The van der Waals surface area contributed by atoms with Gasteiger partial charge >= 0.3 is 12.1 Å². The first-order valence-corrected chi connectivity index (χ1v) is 10.8. The van der Waals surface area contributed by atoms with Gasteiger partial charge in [0.1, 0.15) is 18.8 Å². The van der Waals surface area contributed by atoms with E-state index >= 15 is 0 Å². The highest BCUT2D eigenvalue weighted by atomic mass is 16.6. The first-order chi connectivity index (χ1) is 15.1. The Labute approximate surface area is 190 Å². The minimum absolute atomic E-state index is 0.0822. The third-order valence-electron chi connectivity index (χ3n) is 3.26. The standard InChI is InChI=1S/C21H40N2O9/c1-17(2)14-31-19(25)16-30-13-11-27-8-6-22-18(24)15-29-12-10-28-9-7-23-20(26)32-21(3,4)5/h17H,6-16H2,1-5H3,(H,22,24)(H,23,26). The molecule has 0 aromatic carbocycles. The quantitative estimate of drug-likeness (QED) is 0.224. The van der Waals surface area contributed by atoms with Gasteiger partial charge in [0.15, 0.2) is 0 Å². The maximum absolute atomic E-state index is 11.6. The monoisotopic (exact) mass is 464 g/mol. The van der Waals surface area contributed by atoms with E-state index in [-0.39, 0.29) is 38.3 Å². The van der Waals surface area contributed by atoms with Crippen molar-refractivity contribution in [2.24, 2.45) is 5.92 Å². The van der Waals surface area contributed by atoms with Gasteiger partial charge in [-0.05, 0) is 26.7 Å². The first-order valence-electron chi connectivity index (χ1n) is 10.8. The second-order valence-corrected chi connectivity index (χ2v) is 8.19. The Morgan fingerprint density at radius 2 is 1.28 bits per heavy atom. The summed E-state index contributed by atoms with van der Waals surface area (Å²) in [7, 11) is 0. The van der Waals surface area contributed by atoms with Gasteiger partial charge in [-0.15, -0.1) is 0 Å². The summed E-state index contributed by atoms with van der Waals surface area (Å²) in [6, 6.07) is 0. The Hall–Kier alpha value is -1.95. The molecule has 2 amide bonds. The average Bonchev–Trinajstić information content (AvgIpc) is 2.69. The molecule has 0 saturated carbocycles. The van der Waals surface area contributed by atoms with Gasteiger partial charge in [-0.25, -0.2) is 9.59 Å². The number of carbonyl (C=O) groups excluding carboxylic acids is 3. The summed E-state index contributed by atoms with van der Waals surface area (Å²) in [4.78, 5) is 34.4. The van der Waals surface area contributed by atoms with Crippen LogP contribution in [-0.4, -0.2) is 96.1 Å². The zero-order chi connectivity index (χ0) is 24.2. The summed E-state index contributed by atoms with van der Waals surface area (Å²) in [5.74, 6) is -0.366. The highest BCUT2D eigenvalue weighted by molar-refractivity contribution is 5.77. The smallest absolute Gasteiger partial charge is 0.407 e. The van der Waals surface area contributed by atoms with Crippen LogP contribution in [0.1, 0.15) is 34.6 Å². The van der Waals surface area contributed by atoms with Gasteiger partial charge in [-0.3, -0.25) is 4.79 Å². The number of hydrogen-bond donors (Lipinski definition) is 2. The molecule has 0 aliphatic rings. The highest BCUT2D eigenvalue weighted by Crippen LogP contribution is 2.06. The number of alkyl carbamates (subject to hydrolysis) is 1. The number of esters is 1. The van der Waals surface area contributed by atoms with E-state index in [9.17, 15) is 14.4 Å². The molecule has 0 unspecified atom stereocenters. The normalized spacial score (nSPS) is 11.3. The number of nitrogens with one attached hydrogen (secondary N) is 2. The fourth-order valence-electron chi connectivity index (χ4n) is 1.91. The van der Waals surface area contributed by atoms with Gasteiger partial charge in [-0.2, -0.15) is 0 Å². The lowest BCUT2D eigenvalue weighted by atomic mass is 10.2. The van der Waals surface area contributed by atoms with Crippen molar-refractivity contribution in [1.29, 1.82) is 0 Å². The minimum atomic E-state index is -0.538. The zero-order valence-electron chi connectivity index (χ0n) is 20.0. The number of hydrogen-bond acceptors (Lipinski definition) is 9. The largest absolute Gasteiger partial charge is 0.464 e. The molecular weight excluding hydrogens is 424 g/mol. The number of amides is 2. The number of ether oxygens (including phenoxy) is 6. The summed E-state index contributed by atoms with van der Waals surface area (Å²) >= 11 is 0. The molecule has 0 heterocycles. The van der Waals surface area contributed by atoms with Crippen LogP contribution >= 0.6 is 0 Å². The fraction of sp³-hybridized carbons (Fsp3) is 0.857. The topological polar surface area (TPSA) is 131 Å². The molecule has 0 aromatic rings. The summed E-state index contributed by atoms with van der Waals surface area (Å²) in [5, 5.41) is 5.23. The maximum Gasteiger partial charge on any atom is 0.407 e. The van der Waals surface area contributed by atoms with Crippen LogP contribution in [0.15, 0.2) is 0 Å². The Kier molecular flexibility index (Phi) is 17.5. The molecule has 0 atom stereocenters. The molecule has 11 heteroatoms. The van der Waals surface area contributed by atoms with Crippen molar-refractivity contribution in [2.45, 2.75) is 40.2 Å². The van der Waals surface area contributed by atoms with Crippen molar-refractivity contribution in [3.05, 3.63) is 0 Å². The van der Waals surface area contributed by atoms with Crippen LogP contribution in [0.5, 0.6) is 0 Å². The minimum Gasteiger partial charge on any atom is -0.464 e. The Morgan fingerprint density at radius 3 is 1.84 bits per heavy atom. The van der Waals surface area contributed by atoms with Gasteiger partial charge in [0.25, 0.3) is 0 Å². The van der Waals surface area contributed by atoms with E-state index in [1.807, 2.05) is 13.8 Å². The maximum atomic E-state index is 11.6. The van der Waals surface area contributed by atoms with Crippen molar-refractivity contribution in [3.63, 3.8) is 0 Å². The lowest BCUT2D eigenvalue weighted by Gasteiger charge is -2.19. The first kappa shape index (κ1) is 30.0. The lowest BCUT2D eigenvalue weighted by molar-refractivity contribution is -0.150. The van der Waals surface area contributed by atoms with Crippen molar-refractivity contribution < 1.29 is 42.8 Å². The average molecular weight is 465 g/mol. The van der Waals surface area contributed by atoms with E-state index in [1.54, 1.807) is 20.8 Å². The zero-order valence-corrected chi connectivity index (χ0v) is 20.0. The van der Waals surface area contributed by atoms with E-state index in [1.165, 1.54) is 0 Å². The summed E-state index contributed by atoms with van der Waals surface area (Å²) in [5.41, 5.74) is -0.538. The van der Waals surface area contributed by atoms with Crippen LogP contribution in [-0.2, 0) is 38.0 Å². The van der Waals surface area contributed by atoms with Gasteiger partial charge in [0.05, 0.1) is 46.2 Å². The van der Waals surface area contributed by atoms with Crippen LogP contribution in [0.3, 0.4) is 0 Å². The van der Waals surface area contributed by atoms with Crippen LogP contribution < -0.4 is 10.6 Å². The van der Waals surface area contributed by atoms with Crippen LogP contribution in [0, 0.1) is 5.92 Å². The molecule has 32 heavy (non-hydrogen) atoms. The summed E-state index contributed by atoms with van der Waals surface area (Å²) in [6.45, 7) is 11.9. The SMILES string of the molecule is CC(C)COC(=O)COCCOCCNC(=O)COCCOCCNC(=O)OC(C)(C)C. The predicted octanol–water partition coefficient (Wildman–Crippen LogP) is 0.893. The third-order valence-corrected chi connectivity index (χ3v) is 3.26. The van der Waals surface area contributed by atoms with Crippen molar-refractivity contribution >= 4 is 18.0 Å². The van der Waals surface area contributed by atoms with Crippen molar-refractivity contribution in [3.8, 4) is 0 Å². The second-order valence-electron chi connectivity index (χ2n) is 8.19. The van der Waals surface area contributed by atoms with E-state index in [0.717, 1.165) is 0 Å². The number of carbonyl (C=O) groups is 3. The molecule has 0 saturated heterocycles. The van der Waals surface area contributed by atoms with E-state index < -0.39 is 17.7 Å². The van der Waals surface area contributed by atoms with Gasteiger partial charge in [0, 0.05) is 13.1 Å². The Balaban J connectivity index is 3.37. The molecule has 0 aliphatic heterocycles. The molecule has 0 bridgehead atoms. The van der Waals surface area contributed by atoms with Gasteiger partial charge < -0.3 is 39.1 Å². The Bertz CT molecular complexity index is 522. The van der Waals surface area contributed by atoms with Crippen molar-refractivity contribution in [2.75, 3.05) is 72.6 Å². The van der Waals surface area contributed by atoms with E-state index in [0.29, 0.717) is 46.1 Å². The van der Waals surface area contributed by atoms with Gasteiger partial charge in [-0.1, -0.05) is 13.8 Å². The summed E-state index contributed by atoms with van der Waals surface area (Å²) in [6.07, 6.45) is -0.493. The molecule has 0 aliphatic carbocycles. The molecule has 11 nitrogen and oxygen atoms in total. The molecule has 0 radical (unpaired) electrons. The highest BCUT2D eigenvalue weighted by Gasteiger charge is 2.15. The molecule has 0 rings (SSSR count). The third kappa shape index (κ3) is 22.7. The summed E-state index contributed by atoms with van der Waals surface area (Å²) < 4.78 is 31.0. The number of rotatable bonds is 18. The molecule has 2 N–H and O–H groups in total. The lowest BCUT2D eigenvalue weighted by Crippen LogP contribution is -2.34. The van der Waals surface area contributed by atoms with E-state index in [4.69, 9.17) is 28.4 Å². The molecular formula is C21H40N2O9. The molecule has 0 fully saturated rings. The second kappa shape index (κ2) is 18.6. The van der Waals surface area contributed by atoms with Crippen LogP contribution in [0.2, 0.25) is 0 Å². The predicted molar refractivity (Wildman–Crippen MR) is 116 cm³/mol. The van der Waals surface area contributed by atoms with Gasteiger partial charge in [0.2, 0.25) is 5.91 Å². The fourth-order valence-corrected chi connectivity index (χ4v) is 1.91.